The predicted octanol–water partition coefficient (Wildman–Crippen LogP) is 2.96. The molecule has 1 saturated heterocycles. The molecule has 1 aromatic heterocycles. The zero-order valence-electron chi connectivity index (χ0n) is 18.2. The van der Waals surface area contributed by atoms with Gasteiger partial charge in [0.1, 0.15) is 18.5 Å². The molecule has 1 N–H and O–H groups in total. The first-order chi connectivity index (χ1) is 15.3. The molecule has 0 spiro atoms. The van der Waals surface area contributed by atoms with E-state index in [-0.39, 0.29) is 24.4 Å². The fraction of sp³-hybridized carbons (Fsp3) is 0.391. The van der Waals surface area contributed by atoms with Gasteiger partial charge in [-0.3, -0.25) is 14.9 Å². The summed E-state index contributed by atoms with van der Waals surface area (Å²) in [6.45, 7) is 5.24. The standard InChI is InChI=1S/C23H26N4O5/c1-15-6-5-7-16(2)21(15)32-14-18(28)13-26-20-12-17(27(30)31)8-9-19(20)24-22(23(26)29)25-10-3-4-11-25/h5-9,12,18,28H,3-4,10-11,13-14H2,1-2H3/t18-/m1/s1. The quantitative estimate of drug-likeness (QED) is 0.446. The van der Waals surface area contributed by atoms with Gasteiger partial charge in [-0.2, -0.15) is 0 Å². The summed E-state index contributed by atoms with van der Waals surface area (Å²) < 4.78 is 7.22. The van der Waals surface area contributed by atoms with Crippen molar-refractivity contribution in [3.05, 3.63) is 68.0 Å². The van der Waals surface area contributed by atoms with Gasteiger partial charge in [-0.15, -0.1) is 0 Å². The van der Waals surface area contributed by atoms with Crippen LogP contribution in [0.4, 0.5) is 11.5 Å². The first kappa shape index (κ1) is 21.8. The average Bonchev–Trinajstić information content (AvgIpc) is 3.29. The van der Waals surface area contributed by atoms with Gasteiger partial charge in [0, 0.05) is 25.2 Å². The van der Waals surface area contributed by atoms with E-state index in [1.807, 2.05) is 36.9 Å². The van der Waals surface area contributed by atoms with Crippen molar-refractivity contribution in [2.24, 2.45) is 0 Å². The molecule has 0 amide bonds. The lowest BCUT2D eigenvalue weighted by molar-refractivity contribution is -0.384. The fourth-order valence-electron chi connectivity index (χ4n) is 4.11. The van der Waals surface area contributed by atoms with E-state index in [9.17, 15) is 20.0 Å². The molecule has 3 aromatic rings. The molecular weight excluding hydrogens is 412 g/mol. The summed E-state index contributed by atoms with van der Waals surface area (Å²) in [6, 6.07) is 10.0. The second-order valence-electron chi connectivity index (χ2n) is 8.16. The Labute approximate surface area is 185 Å². The van der Waals surface area contributed by atoms with Gasteiger partial charge in [-0.05, 0) is 43.9 Å². The largest absolute Gasteiger partial charge is 0.490 e. The van der Waals surface area contributed by atoms with Crippen LogP contribution in [0.1, 0.15) is 24.0 Å². The van der Waals surface area contributed by atoms with E-state index in [4.69, 9.17) is 4.74 Å². The second-order valence-corrected chi connectivity index (χ2v) is 8.16. The third kappa shape index (κ3) is 4.29. The summed E-state index contributed by atoms with van der Waals surface area (Å²) in [5.74, 6) is 1.01. The maximum absolute atomic E-state index is 13.3. The van der Waals surface area contributed by atoms with Crippen molar-refractivity contribution < 1.29 is 14.8 Å². The van der Waals surface area contributed by atoms with Crippen LogP contribution >= 0.6 is 0 Å². The minimum absolute atomic E-state index is 0.0179. The number of nitro benzene ring substituents is 1. The van der Waals surface area contributed by atoms with Gasteiger partial charge >= 0.3 is 0 Å². The third-order valence-corrected chi connectivity index (χ3v) is 5.75. The number of fused-ring (bicyclic) bond motifs is 1. The lowest BCUT2D eigenvalue weighted by atomic mass is 10.1. The van der Waals surface area contributed by atoms with E-state index in [0.717, 1.165) is 37.1 Å². The normalized spacial score (nSPS) is 14.7. The molecule has 0 radical (unpaired) electrons. The first-order valence-electron chi connectivity index (χ1n) is 10.7. The van der Waals surface area contributed by atoms with Crippen LogP contribution < -0.4 is 15.2 Å². The SMILES string of the molecule is Cc1cccc(C)c1OC[C@H](O)Cn1c(=O)c(N2CCCC2)nc2ccc([N+](=O)[O-])cc21. The number of ether oxygens (including phenoxy) is 1. The van der Waals surface area contributed by atoms with Gasteiger partial charge in [0.2, 0.25) is 0 Å². The van der Waals surface area contributed by atoms with Gasteiger partial charge in [0.25, 0.3) is 11.2 Å². The maximum Gasteiger partial charge on any atom is 0.294 e. The van der Waals surface area contributed by atoms with Crippen molar-refractivity contribution in [2.45, 2.75) is 39.3 Å². The van der Waals surface area contributed by atoms with Crippen LogP contribution in [0.2, 0.25) is 0 Å². The number of para-hydroxylation sites is 1. The number of rotatable bonds is 7. The molecule has 0 saturated carbocycles. The van der Waals surface area contributed by atoms with Crippen molar-refractivity contribution in [3.8, 4) is 5.75 Å². The topological polar surface area (TPSA) is 111 Å². The highest BCUT2D eigenvalue weighted by atomic mass is 16.6. The van der Waals surface area contributed by atoms with E-state index < -0.39 is 11.0 Å². The monoisotopic (exact) mass is 438 g/mol. The Morgan fingerprint density at radius 3 is 2.53 bits per heavy atom. The van der Waals surface area contributed by atoms with Crippen molar-refractivity contribution in [1.29, 1.82) is 0 Å². The summed E-state index contributed by atoms with van der Waals surface area (Å²) in [5.41, 5.74) is 2.19. The molecule has 0 bridgehead atoms. The molecule has 32 heavy (non-hydrogen) atoms. The predicted molar refractivity (Wildman–Crippen MR) is 122 cm³/mol. The van der Waals surface area contributed by atoms with Crippen LogP contribution in [0.3, 0.4) is 0 Å². The lowest BCUT2D eigenvalue weighted by Gasteiger charge is -2.21. The van der Waals surface area contributed by atoms with E-state index in [1.165, 1.54) is 16.7 Å². The molecule has 1 aliphatic rings. The highest BCUT2D eigenvalue weighted by molar-refractivity contribution is 5.79. The summed E-state index contributed by atoms with van der Waals surface area (Å²) in [7, 11) is 0. The Kier molecular flexibility index (Phi) is 6.09. The number of aryl methyl sites for hydroxylation is 2. The summed E-state index contributed by atoms with van der Waals surface area (Å²) in [4.78, 5) is 30.5. The highest BCUT2D eigenvalue weighted by Gasteiger charge is 2.22. The van der Waals surface area contributed by atoms with Crippen LogP contribution in [0.25, 0.3) is 11.0 Å². The Morgan fingerprint density at radius 1 is 1.19 bits per heavy atom. The van der Waals surface area contributed by atoms with E-state index in [0.29, 0.717) is 22.6 Å². The Morgan fingerprint density at radius 2 is 1.88 bits per heavy atom. The van der Waals surface area contributed by atoms with Gasteiger partial charge in [0.05, 0.1) is 22.5 Å². The van der Waals surface area contributed by atoms with Gasteiger partial charge in [-0.25, -0.2) is 4.98 Å². The number of hydrogen-bond acceptors (Lipinski definition) is 7. The fourth-order valence-corrected chi connectivity index (χ4v) is 4.11. The number of aromatic nitrogens is 2. The Hall–Kier alpha value is -3.46. The molecular formula is C23H26N4O5. The van der Waals surface area contributed by atoms with Crippen molar-refractivity contribution in [3.63, 3.8) is 0 Å². The average molecular weight is 438 g/mol. The van der Waals surface area contributed by atoms with Crippen LogP contribution in [0.5, 0.6) is 5.75 Å². The molecule has 9 heteroatoms. The zero-order chi connectivity index (χ0) is 22.8. The molecule has 0 unspecified atom stereocenters. The minimum atomic E-state index is -0.997. The first-order valence-corrected chi connectivity index (χ1v) is 10.7. The van der Waals surface area contributed by atoms with Crippen LogP contribution in [0, 0.1) is 24.0 Å². The van der Waals surface area contributed by atoms with Crippen LogP contribution in [0.15, 0.2) is 41.2 Å². The van der Waals surface area contributed by atoms with Gasteiger partial charge in [-0.1, -0.05) is 18.2 Å². The molecule has 2 aromatic carbocycles. The molecule has 2 heterocycles. The molecule has 9 nitrogen and oxygen atoms in total. The minimum Gasteiger partial charge on any atom is -0.490 e. The van der Waals surface area contributed by atoms with Crippen molar-refractivity contribution >= 4 is 22.5 Å². The van der Waals surface area contributed by atoms with Crippen molar-refractivity contribution in [1.82, 2.24) is 9.55 Å². The van der Waals surface area contributed by atoms with Crippen LogP contribution in [-0.4, -0.2) is 45.4 Å². The summed E-state index contributed by atoms with van der Waals surface area (Å²) >= 11 is 0. The van der Waals surface area contributed by atoms with E-state index in [2.05, 4.69) is 4.98 Å². The van der Waals surface area contributed by atoms with Crippen LogP contribution in [-0.2, 0) is 6.54 Å². The number of nitrogens with zero attached hydrogens (tertiary/aromatic N) is 4. The van der Waals surface area contributed by atoms with Gasteiger partial charge in [0.15, 0.2) is 5.82 Å². The van der Waals surface area contributed by atoms with Crippen molar-refractivity contribution in [2.75, 3.05) is 24.6 Å². The number of aliphatic hydroxyl groups excluding tert-OH is 1. The number of anilines is 1. The van der Waals surface area contributed by atoms with E-state index in [1.54, 1.807) is 6.07 Å². The smallest absolute Gasteiger partial charge is 0.294 e. The molecule has 0 aliphatic carbocycles. The lowest BCUT2D eigenvalue weighted by Crippen LogP contribution is -2.35. The number of aliphatic hydroxyl groups is 1. The van der Waals surface area contributed by atoms with Gasteiger partial charge < -0.3 is 19.3 Å². The molecule has 1 aliphatic heterocycles. The Balaban J connectivity index is 1.68. The summed E-state index contributed by atoms with van der Waals surface area (Å²) in [6.07, 6.45) is 0.958. The maximum atomic E-state index is 13.3. The molecule has 4 rings (SSSR count). The van der Waals surface area contributed by atoms with E-state index >= 15 is 0 Å². The molecule has 1 atom stereocenters. The highest BCUT2D eigenvalue weighted by Crippen LogP contribution is 2.24. The molecule has 1 fully saturated rings. The Bertz CT molecular complexity index is 1200. The number of non-ortho nitro benzene ring substituents is 1. The zero-order valence-corrected chi connectivity index (χ0v) is 18.2. The molecule has 168 valence electrons. The number of hydrogen-bond donors (Lipinski definition) is 1. The second kappa shape index (κ2) is 8.96. The number of nitro groups is 1. The number of benzene rings is 2. The summed E-state index contributed by atoms with van der Waals surface area (Å²) in [5, 5.41) is 22.0. The third-order valence-electron chi connectivity index (χ3n) is 5.75.